The van der Waals surface area contributed by atoms with Crippen LogP contribution in [0.25, 0.3) is 0 Å². The van der Waals surface area contributed by atoms with E-state index in [4.69, 9.17) is 0 Å². The lowest BCUT2D eigenvalue weighted by molar-refractivity contribution is -0.189. The van der Waals surface area contributed by atoms with E-state index < -0.39 is 63.7 Å². The highest BCUT2D eigenvalue weighted by atomic mass is 19.3. The molecule has 4 aromatic carbocycles. The van der Waals surface area contributed by atoms with Gasteiger partial charge >= 0.3 is 6.11 Å². The first-order chi connectivity index (χ1) is 20.4. The summed E-state index contributed by atoms with van der Waals surface area (Å²) in [5.41, 5.74) is -2.14. The quantitative estimate of drug-likeness (QED) is 0.122. The van der Waals surface area contributed by atoms with Crippen LogP contribution in [0.15, 0.2) is 60.7 Å². The van der Waals surface area contributed by atoms with Gasteiger partial charge in [-0.2, -0.15) is 8.78 Å². The molecule has 220 valence electrons. The number of hydrogen-bond acceptors (Lipinski definition) is 1. The maximum absolute atomic E-state index is 14.8. The van der Waals surface area contributed by atoms with E-state index in [-0.39, 0.29) is 16.7 Å². The largest absolute Gasteiger partial charge is 0.432 e. The number of halogens is 9. The number of hydrogen-bond donors (Lipinski definition) is 0. The summed E-state index contributed by atoms with van der Waals surface area (Å²) in [6.07, 6.45) is -2.15. The van der Waals surface area contributed by atoms with E-state index in [9.17, 15) is 39.5 Å². The van der Waals surface area contributed by atoms with E-state index in [0.29, 0.717) is 36.8 Å². The molecule has 0 aliphatic carbocycles. The first kappa shape index (κ1) is 31.1. The topological polar surface area (TPSA) is 9.23 Å². The Morgan fingerprint density at radius 1 is 0.605 bits per heavy atom. The predicted octanol–water partition coefficient (Wildman–Crippen LogP) is 8.93. The van der Waals surface area contributed by atoms with Crippen LogP contribution in [0.2, 0.25) is 0 Å². The number of aryl methyl sites for hydroxylation is 1. The van der Waals surface area contributed by atoms with Crippen molar-refractivity contribution in [3.63, 3.8) is 0 Å². The van der Waals surface area contributed by atoms with Crippen LogP contribution in [0, 0.1) is 64.4 Å². The standard InChI is InChI=1S/C33H19F9O/c1-2-3-4-19-5-8-22(25(34)13-19)9-6-20-14-27(36)31(28(37)15-20)33(41,42)43-24-12-11-23(26(35)18-24)10-7-21-16-29(38)32(40)30(39)17-21/h5,8,11-18H,2-4H2,1H3. The molecule has 0 radical (unpaired) electrons. The molecule has 0 aliphatic rings. The van der Waals surface area contributed by atoms with E-state index in [1.165, 1.54) is 12.1 Å². The zero-order chi connectivity index (χ0) is 31.3. The molecule has 0 atom stereocenters. The molecule has 4 aromatic rings. The number of unbranched alkanes of at least 4 members (excludes halogenated alkanes) is 1. The zero-order valence-electron chi connectivity index (χ0n) is 22.2. The lowest BCUT2D eigenvalue weighted by Gasteiger charge is -2.19. The fourth-order valence-corrected chi connectivity index (χ4v) is 3.89. The zero-order valence-corrected chi connectivity index (χ0v) is 22.2. The van der Waals surface area contributed by atoms with Crippen LogP contribution >= 0.6 is 0 Å². The van der Waals surface area contributed by atoms with Gasteiger partial charge in [0.25, 0.3) is 0 Å². The van der Waals surface area contributed by atoms with Crippen LogP contribution in [0.4, 0.5) is 39.5 Å². The van der Waals surface area contributed by atoms with E-state index in [1.807, 2.05) is 6.92 Å². The van der Waals surface area contributed by atoms with Crippen LogP contribution in [0.5, 0.6) is 5.75 Å². The van der Waals surface area contributed by atoms with Crippen LogP contribution in [0.3, 0.4) is 0 Å². The molecular formula is C33H19F9O. The fraction of sp³-hybridized carbons (Fsp3) is 0.152. The fourth-order valence-electron chi connectivity index (χ4n) is 3.89. The second-order valence-corrected chi connectivity index (χ2v) is 9.25. The molecule has 10 heteroatoms. The molecule has 4 rings (SSSR count). The Morgan fingerprint density at radius 2 is 1.12 bits per heavy atom. The first-order valence-corrected chi connectivity index (χ1v) is 12.7. The van der Waals surface area contributed by atoms with Crippen molar-refractivity contribution in [3.8, 4) is 29.4 Å². The van der Waals surface area contributed by atoms with Gasteiger partial charge in [-0.05, 0) is 66.9 Å². The SMILES string of the molecule is CCCCc1ccc(C#Cc2cc(F)c(C(F)(F)Oc3ccc(C#Cc4cc(F)c(F)c(F)c4)c(F)c3)c(F)c2)c(F)c1. The van der Waals surface area contributed by atoms with Gasteiger partial charge in [-0.25, -0.2) is 30.7 Å². The van der Waals surface area contributed by atoms with Gasteiger partial charge in [0.1, 0.15) is 34.6 Å². The molecular weight excluding hydrogens is 583 g/mol. The third kappa shape index (κ3) is 7.52. The van der Waals surface area contributed by atoms with E-state index in [2.05, 4.69) is 28.4 Å². The molecule has 0 saturated carbocycles. The van der Waals surface area contributed by atoms with Crippen molar-refractivity contribution in [2.75, 3.05) is 0 Å². The highest BCUT2D eigenvalue weighted by Crippen LogP contribution is 2.36. The maximum atomic E-state index is 14.8. The second kappa shape index (κ2) is 13.0. The molecule has 0 fully saturated rings. The Bertz CT molecular complexity index is 1760. The Kier molecular flexibility index (Phi) is 9.40. The van der Waals surface area contributed by atoms with Crippen molar-refractivity contribution >= 4 is 0 Å². The second-order valence-electron chi connectivity index (χ2n) is 9.25. The summed E-state index contributed by atoms with van der Waals surface area (Å²) in [4.78, 5) is 0. The summed E-state index contributed by atoms with van der Waals surface area (Å²) >= 11 is 0. The Morgan fingerprint density at radius 3 is 1.63 bits per heavy atom. The van der Waals surface area contributed by atoms with E-state index >= 15 is 0 Å². The third-order valence-corrected chi connectivity index (χ3v) is 6.04. The third-order valence-electron chi connectivity index (χ3n) is 6.04. The van der Waals surface area contributed by atoms with Gasteiger partial charge in [0.2, 0.25) is 0 Å². The molecule has 0 bridgehead atoms. The minimum atomic E-state index is -4.61. The molecule has 0 amide bonds. The van der Waals surface area contributed by atoms with Crippen molar-refractivity contribution in [1.82, 2.24) is 0 Å². The molecule has 0 aliphatic heterocycles. The molecule has 0 aromatic heterocycles. The molecule has 43 heavy (non-hydrogen) atoms. The monoisotopic (exact) mass is 602 g/mol. The first-order valence-electron chi connectivity index (χ1n) is 12.7. The van der Waals surface area contributed by atoms with Crippen LogP contribution in [-0.2, 0) is 12.5 Å². The van der Waals surface area contributed by atoms with Crippen LogP contribution in [0.1, 0.15) is 53.1 Å². The summed E-state index contributed by atoms with van der Waals surface area (Å²) < 4.78 is 132. The summed E-state index contributed by atoms with van der Waals surface area (Å²) in [6, 6.07) is 8.74. The van der Waals surface area contributed by atoms with Crippen molar-refractivity contribution in [3.05, 3.63) is 135 Å². The van der Waals surface area contributed by atoms with E-state index in [1.54, 1.807) is 6.07 Å². The van der Waals surface area contributed by atoms with Crippen molar-refractivity contribution in [2.24, 2.45) is 0 Å². The summed E-state index contributed by atoms with van der Waals surface area (Å²) in [7, 11) is 0. The summed E-state index contributed by atoms with van der Waals surface area (Å²) in [5.74, 6) is -1.68. The Labute approximate surface area is 240 Å². The van der Waals surface area contributed by atoms with E-state index in [0.717, 1.165) is 30.5 Å². The molecule has 1 nitrogen and oxygen atoms in total. The minimum absolute atomic E-state index is 0.0500. The average molecular weight is 602 g/mol. The highest BCUT2D eigenvalue weighted by molar-refractivity contribution is 5.47. The predicted molar refractivity (Wildman–Crippen MR) is 141 cm³/mol. The summed E-state index contributed by atoms with van der Waals surface area (Å²) in [5, 5.41) is 0. The molecule has 0 spiro atoms. The number of benzene rings is 4. The lowest BCUT2D eigenvalue weighted by Crippen LogP contribution is -2.25. The Balaban J connectivity index is 1.52. The van der Waals surface area contributed by atoms with Gasteiger partial charge < -0.3 is 4.74 Å². The lowest BCUT2D eigenvalue weighted by atomic mass is 10.1. The van der Waals surface area contributed by atoms with Crippen molar-refractivity contribution in [1.29, 1.82) is 0 Å². The number of alkyl halides is 2. The summed E-state index contributed by atoms with van der Waals surface area (Å²) in [6.45, 7) is 1.99. The minimum Gasteiger partial charge on any atom is -0.429 e. The van der Waals surface area contributed by atoms with Crippen molar-refractivity contribution < 1.29 is 44.3 Å². The van der Waals surface area contributed by atoms with Gasteiger partial charge in [0.15, 0.2) is 17.5 Å². The Hall–Kier alpha value is -4.83. The average Bonchev–Trinajstić information content (AvgIpc) is 2.93. The molecule has 0 unspecified atom stereocenters. The van der Waals surface area contributed by atoms with Gasteiger partial charge in [-0.15, -0.1) is 0 Å². The smallest absolute Gasteiger partial charge is 0.429 e. The molecule has 0 saturated heterocycles. The normalized spacial score (nSPS) is 10.9. The number of ether oxygens (including phenoxy) is 1. The maximum Gasteiger partial charge on any atom is 0.432 e. The van der Waals surface area contributed by atoms with Crippen LogP contribution < -0.4 is 4.74 Å². The highest BCUT2D eigenvalue weighted by Gasteiger charge is 2.41. The van der Waals surface area contributed by atoms with Gasteiger partial charge in [-0.1, -0.05) is 43.1 Å². The van der Waals surface area contributed by atoms with Gasteiger partial charge in [0.05, 0.1) is 11.1 Å². The number of rotatable bonds is 6. The van der Waals surface area contributed by atoms with Gasteiger partial charge in [-0.3, -0.25) is 0 Å². The molecule has 0 N–H and O–H groups in total. The van der Waals surface area contributed by atoms with Crippen molar-refractivity contribution in [2.45, 2.75) is 32.3 Å². The van der Waals surface area contributed by atoms with Crippen LogP contribution in [-0.4, -0.2) is 0 Å². The van der Waals surface area contributed by atoms with Gasteiger partial charge in [0, 0.05) is 17.2 Å². The molecule has 0 heterocycles.